The van der Waals surface area contributed by atoms with Crippen molar-refractivity contribution in [3.63, 3.8) is 0 Å². The molecule has 1 aromatic carbocycles. The molecule has 150 valence electrons. The molecule has 2 aliphatic heterocycles. The Labute approximate surface area is 168 Å². The maximum absolute atomic E-state index is 13.1. The number of amides is 2. The van der Waals surface area contributed by atoms with Crippen molar-refractivity contribution in [3.8, 4) is 0 Å². The number of piperazine rings is 1. The van der Waals surface area contributed by atoms with E-state index in [1.807, 2.05) is 29.2 Å². The summed E-state index contributed by atoms with van der Waals surface area (Å²) in [6.45, 7) is 7.81. The molecule has 4 rings (SSSR count). The van der Waals surface area contributed by atoms with E-state index in [0.29, 0.717) is 18.9 Å². The standard InChI is InChI=1S/C23H31N3O2/c1-3-18-6-8-20(9-7-18)22(28)26-15-14-24(2)23(17-26)11-10-21(27)25(13-12-23)16-19-4-5-19/h3,6-9,19H,1,4-5,10-17H2,2H3/t23-/m0/s1. The van der Waals surface area contributed by atoms with E-state index in [1.165, 1.54) is 12.8 Å². The zero-order valence-corrected chi connectivity index (χ0v) is 16.9. The van der Waals surface area contributed by atoms with E-state index in [9.17, 15) is 9.59 Å². The van der Waals surface area contributed by atoms with Gasteiger partial charge in [-0.2, -0.15) is 0 Å². The number of carbonyl (C=O) groups is 2. The van der Waals surface area contributed by atoms with Gasteiger partial charge >= 0.3 is 0 Å². The average molecular weight is 382 g/mol. The van der Waals surface area contributed by atoms with Gasteiger partial charge in [0, 0.05) is 50.2 Å². The van der Waals surface area contributed by atoms with E-state index >= 15 is 0 Å². The van der Waals surface area contributed by atoms with E-state index in [-0.39, 0.29) is 11.4 Å². The highest BCUT2D eigenvalue weighted by Crippen LogP contribution is 2.35. The van der Waals surface area contributed by atoms with Crippen molar-refractivity contribution in [2.24, 2.45) is 5.92 Å². The van der Waals surface area contributed by atoms with Gasteiger partial charge < -0.3 is 9.80 Å². The van der Waals surface area contributed by atoms with E-state index in [4.69, 9.17) is 0 Å². The predicted molar refractivity (Wildman–Crippen MR) is 111 cm³/mol. The van der Waals surface area contributed by atoms with E-state index in [2.05, 4.69) is 23.4 Å². The second kappa shape index (κ2) is 7.70. The highest BCUT2D eigenvalue weighted by molar-refractivity contribution is 5.94. The van der Waals surface area contributed by atoms with Crippen LogP contribution < -0.4 is 0 Å². The highest BCUT2D eigenvalue weighted by Gasteiger charge is 2.44. The number of hydrogen-bond donors (Lipinski definition) is 0. The summed E-state index contributed by atoms with van der Waals surface area (Å²) in [4.78, 5) is 32.2. The molecule has 2 amide bonds. The minimum Gasteiger partial charge on any atom is -0.342 e. The van der Waals surface area contributed by atoms with Crippen LogP contribution in [0.5, 0.6) is 0 Å². The summed E-state index contributed by atoms with van der Waals surface area (Å²) in [6, 6.07) is 7.65. The molecule has 5 heteroatoms. The lowest BCUT2D eigenvalue weighted by atomic mass is 9.86. The number of likely N-dealkylation sites (tertiary alicyclic amines) is 1. The molecule has 0 aromatic heterocycles. The number of likely N-dealkylation sites (N-methyl/N-ethyl adjacent to an activating group) is 1. The summed E-state index contributed by atoms with van der Waals surface area (Å²) >= 11 is 0. The van der Waals surface area contributed by atoms with E-state index in [0.717, 1.165) is 56.1 Å². The monoisotopic (exact) mass is 381 g/mol. The molecule has 0 unspecified atom stereocenters. The molecule has 1 aromatic rings. The Hall–Kier alpha value is -2.14. The SMILES string of the molecule is C=Cc1ccc(C(=O)N2CCN(C)[C@]3(CCC(=O)N(CC4CC4)CC3)C2)cc1. The molecule has 2 saturated heterocycles. The number of hydrogen-bond acceptors (Lipinski definition) is 3. The van der Waals surface area contributed by atoms with Crippen molar-refractivity contribution >= 4 is 17.9 Å². The molecule has 1 spiro atoms. The minimum atomic E-state index is -0.0943. The lowest BCUT2D eigenvalue weighted by Crippen LogP contribution is -2.62. The highest BCUT2D eigenvalue weighted by atomic mass is 16.2. The summed E-state index contributed by atoms with van der Waals surface area (Å²) in [5.41, 5.74) is 1.65. The second-order valence-corrected chi connectivity index (χ2v) is 8.73. The maximum Gasteiger partial charge on any atom is 0.253 e. The van der Waals surface area contributed by atoms with Gasteiger partial charge in [0.15, 0.2) is 0 Å². The Morgan fingerprint density at radius 3 is 2.61 bits per heavy atom. The fourth-order valence-corrected chi connectivity index (χ4v) is 4.62. The number of nitrogens with zero attached hydrogens (tertiary/aromatic N) is 3. The summed E-state index contributed by atoms with van der Waals surface area (Å²) in [5, 5.41) is 0. The number of carbonyl (C=O) groups excluding carboxylic acids is 2. The number of rotatable bonds is 4. The van der Waals surface area contributed by atoms with Gasteiger partial charge in [-0.3, -0.25) is 14.5 Å². The topological polar surface area (TPSA) is 43.9 Å². The van der Waals surface area contributed by atoms with Crippen molar-refractivity contribution in [3.05, 3.63) is 42.0 Å². The van der Waals surface area contributed by atoms with Crippen LogP contribution in [0.4, 0.5) is 0 Å². The molecular weight excluding hydrogens is 350 g/mol. The molecule has 3 fully saturated rings. The zero-order chi connectivity index (χ0) is 19.7. The van der Waals surface area contributed by atoms with Crippen LogP contribution in [0.3, 0.4) is 0 Å². The first-order valence-corrected chi connectivity index (χ1v) is 10.5. The van der Waals surface area contributed by atoms with Crippen molar-refractivity contribution < 1.29 is 9.59 Å². The smallest absolute Gasteiger partial charge is 0.253 e. The third kappa shape index (κ3) is 3.86. The predicted octanol–water partition coefficient (Wildman–Crippen LogP) is 2.88. The van der Waals surface area contributed by atoms with Gasteiger partial charge in [0.1, 0.15) is 0 Å². The quantitative estimate of drug-likeness (QED) is 0.806. The van der Waals surface area contributed by atoms with Crippen molar-refractivity contribution in [2.75, 3.05) is 39.8 Å². The zero-order valence-electron chi connectivity index (χ0n) is 16.9. The Morgan fingerprint density at radius 2 is 1.93 bits per heavy atom. The largest absolute Gasteiger partial charge is 0.342 e. The molecule has 2 heterocycles. The van der Waals surface area contributed by atoms with Crippen LogP contribution in [-0.2, 0) is 4.79 Å². The molecule has 0 N–H and O–H groups in total. The Balaban J connectivity index is 1.48. The molecule has 1 aliphatic carbocycles. The van der Waals surface area contributed by atoms with Crippen LogP contribution in [0.15, 0.2) is 30.8 Å². The van der Waals surface area contributed by atoms with Gasteiger partial charge in [-0.25, -0.2) is 0 Å². The first-order chi connectivity index (χ1) is 13.5. The molecule has 5 nitrogen and oxygen atoms in total. The first-order valence-electron chi connectivity index (χ1n) is 10.5. The molecule has 0 radical (unpaired) electrons. The summed E-state index contributed by atoms with van der Waals surface area (Å²) < 4.78 is 0. The van der Waals surface area contributed by atoms with Crippen molar-refractivity contribution in [1.29, 1.82) is 0 Å². The molecule has 1 saturated carbocycles. The van der Waals surface area contributed by atoms with E-state index in [1.54, 1.807) is 6.08 Å². The molecule has 28 heavy (non-hydrogen) atoms. The van der Waals surface area contributed by atoms with Crippen LogP contribution in [0.25, 0.3) is 6.08 Å². The van der Waals surface area contributed by atoms with Crippen LogP contribution in [0, 0.1) is 5.92 Å². The Bertz CT molecular complexity index is 756. The minimum absolute atomic E-state index is 0.0912. The van der Waals surface area contributed by atoms with Crippen molar-refractivity contribution in [1.82, 2.24) is 14.7 Å². The van der Waals surface area contributed by atoms with Crippen LogP contribution in [0.1, 0.15) is 48.0 Å². The van der Waals surface area contributed by atoms with Gasteiger partial charge in [-0.1, -0.05) is 24.8 Å². The van der Waals surface area contributed by atoms with Gasteiger partial charge in [-0.15, -0.1) is 0 Å². The Kier molecular flexibility index (Phi) is 5.28. The fourth-order valence-electron chi connectivity index (χ4n) is 4.62. The van der Waals surface area contributed by atoms with Crippen LogP contribution in [-0.4, -0.2) is 71.8 Å². The molecular formula is C23H31N3O2. The van der Waals surface area contributed by atoms with Gasteiger partial charge in [0.05, 0.1) is 0 Å². The molecule has 1 atom stereocenters. The second-order valence-electron chi connectivity index (χ2n) is 8.73. The summed E-state index contributed by atoms with van der Waals surface area (Å²) in [5.74, 6) is 1.10. The first kappa shape index (κ1) is 19.2. The van der Waals surface area contributed by atoms with Crippen molar-refractivity contribution in [2.45, 2.75) is 37.6 Å². The van der Waals surface area contributed by atoms with Crippen LogP contribution >= 0.6 is 0 Å². The Morgan fingerprint density at radius 1 is 1.18 bits per heavy atom. The number of benzene rings is 1. The lowest BCUT2D eigenvalue weighted by molar-refractivity contribution is -0.130. The molecule has 3 aliphatic rings. The third-order valence-electron chi connectivity index (χ3n) is 6.86. The normalized spacial score (nSPS) is 26.4. The maximum atomic E-state index is 13.1. The lowest BCUT2D eigenvalue weighted by Gasteiger charge is -2.49. The van der Waals surface area contributed by atoms with Gasteiger partial charge in [-0.05, 0) is 56.3 Å². The fraction of sp³-hybridized carbons (Fsp3) is 0.565. The molecule has 0 bridgehead atoms. The van der Waals surface area contributed by atoms with Gasteiger partial charge in [0.2, 0.25) is 5.91 Å². The third-order valence-corrected chi connectivity index (χ3v) is 6.86. The van der Waals surface area contributed by atoms with E-state index < -0.39 is 0 Å². The van der Waals surface area contributed by atoms with Gasteiger partial charge in [0.25, 0.3) is 5.91 Å². The summed E-state index contributed by atoms with van der Waals surface area (Å²) in [6.07, 6.45) is 6.69. The average Bonchev–Trinajstić information content (AvgIpc) is 3.55. The van der Waals surface area contributed by atoms with Crippen LogP contribution in [0.2, 0.25) is 0 Å². The summed E-state index contributed by atoms with van der Waals surface area (Å²) in [7, 11) is 2.15.